The molecule has 0 saturated heterocycles. The highest BCUT2D eigenvalue weighted by molar-refractivity contribution is 7.93. The highest BCUT2D eigenvalue weighted by Gasteiger charge is 2.13. The van der Waals surface area contributed by atoms with Crippen molar-refractivity contribution in [3.05, 3.63) is 29.8 Å². The molecule has 0 saturated carbocycles. The maximum absolute atomic E-state index is 11.5. The summed E-state index contributed by atoms with van der Waals surface area (Å²) in [5.41, 5.74) is 7.15. The molecule has 1 aromatic rings. The van der Waals surface area contributed by atoms with Crippen LogP contribution in [0.1, 0.15) is 5.56 Å². The lowest BCUT2D eigenvalue weighted by atomic mass is 10.1. The molecule has 0 bridgehead atoms. The first-order valence-electron chi connectivity index (χ1n) is 5.67. The van der Waals surface area contributed by atoms with Gasteiger partial charge in [0.2, 0.25) is 10.0 Å². The SMILES string of the molecule is CS(=O)(=O)CCS(=O)(=O)NCCc1ccc(N)cc1. The number of nitrogen functional groups attached to an aromatic ring is 1. The van der Waals surface area contributed by atoms with E-state index in [0.29, 0.717) is 12.1 Å². The molecule has 1 aromatic carbocycles. The molecule has 0 aliphatic rings. The van der Waals surface area contributed by atoms with Gasteiger partial charge in [-0.15, -0.1) is 0 Å². The molecular weight excluding hydrogens is 288 g/mol. The molecule has 0 aliphatic heterocycles. The number of hydrogen-bond donors (Lipinski definition) is 2. The molecule has 6 nitrogen and oxygen atoms in total. The molecule has 0 heterocycles. The van der Waals surface area contributed by atoms with Crippen molar-refractivity contribution >= 4 is 25.5 Å². The van der Waals surface area contributed by atoms with Crippen molar-refractivity contribution in [1.29, 1.82) is 0 Å². The molecule has 0 radical (unpaired) electrons. The van der Waals surface area contributed by atoms with Crippen molar-refractivity contribution in [3.8, 4) is 0 Å². The summed E-state index contributed by atoms with van der Waals surface area (Å²) in [4.78, 5) is 0. The van der Waals surface area contributed by atoms with Crippen molar-refractivity contribution in [3.63, 3.8) is 0 Å². The molecule has 108 valence electrons. The average Bonchev–Trinajstić information content (AvgIpc) is 2.29. The third kappa shape index (κ3) is 7.14. The van der Waals surface area contributed by atoms with Gasteiger partial charge in [-0.1, -0.05) is 12.1 Å². The van der Waals surface area contributed by atoms with Crippen molar-refractivity contribution in [2.45, 2.75) is 6.42 Å². The van der Waals surface area contributed by atoms with E-state index in [1.54, 1.807) is 12.1 Å². The topological polar surface area (TPSA) is 106 Å². The van der Waals surface area contributed by atoms with Gasteiger partial charge in [-0.2, -0.15) is 0 Å². The summed E-state index contributed by atoms with van der Waals surface area (Å²) in [5, 5.41) is 0. The summed E-state index contributed by atoms with van der Waals surface area (Å²) in [6.07, 6.45) is 1.54. The minimum atomic E-state index is -3.55. The Hall–Kier alpha value is -1.12. The fourth-order valence-electron chi connectivity index (χ4n) is 1.37. The summed E-state index contributed by atoms with van der Waals surface area (Å²) in [6.45, 7) is 0.232. The Labute approximate surface area is 114 Å². The Kier molecular flexibility index (Phi) is 5.33. The summed E-state index contributed by atoms with van der Waals surface area (Å²) in [5.74, 6) is -0.780. The van der Waals surface area contributed by atoms with Crippen LogP contribution in [0.25, 0.3) is 0 Å². The Morgan fingerprint density at radius 3 is 2.16 bits per heavy atom. The molecular formula is C11H18N2O4S2. The van der Waals surface area contributed by atoms with Gasteiger partial charge in [0.05, 0.1) is 11.5 Å². The van der Waals surface area contributed by atoms with Crippen LogP contribution in [0.15, 0.2) is 24.3 Å². The lowest BCUT2D eigenvalue weighted by molar-refractivity contribution is 0.579. The van der Waals surface area contributed by atoms with Crippen LogP contribution in [0.4, 0.5) is 5.69 Å². The van der Waals surface area contributed by atoms with Crippen LogP contribution < -0.4 is 10.5 Å². The van der Waals surface area contributed by atoms with Gasteiger partial charge < -0.3 is 5.73 Å². The maximum atomic E-state index is 11.5. The number of rotatable bonds is 7. The monoisotopic (exact) mass is 306 g/mol. The van der Waals surface area contributed by atoms with E-state index in [4.69, 9.17) is 5.73 Å². The Morgan fingerprint density at radius 2 is 1.63 bits per heavy atom. The summed E-state index contributed by atoms with van der Waals surface area (Å²) in [6, 6.07) is 7.13. The number of nitrogens with one attached hydrogen (secondary N) is 1. The van der Waals surface area contributed by atoms with E-state index in [1.807, 2.05) is 12.1 Å². The van der Waals surface area contributed by atoms with E-state index < -0.39 is 25.6 Å². The quantitative estimate of drug-likeness (QED) is 0.677. The number of sulfone groups is 1. The number of hydrogen-bond acceptors (Lipinski definition) is 5. The second-order valence-corrected chi connectivity index (χ2v) is 8.52. The second-order valence-electron chi connectivity index (χ2n) is 4.33. The molecule has 0 fully saturated rings. The highest BCUT2D eigenvalue weighted by Crippen LogP contribution is 2.05. The molecule has 1 rings (SSSR count). The van der Waals surface area contributed by atoms with Gasteiger partial charge in [-0.3, -0.25) is 0 Å². The van der Waals surface area contributed by atoms with Crippen LogP contribution >= 0.6 is 0 Å². The summed E-state index contributed by atoms with van der Waals surface area (Å²) < 4.78 is 47.2. The Morgan fingerprint density at radius 1 is 1.05 bits per heavy atom. The van der Waals surface area contributed by atoms with Gasteiger partial charge in [-0.05, 0) is 24.1 Å². The van der Waals surface area contributed by atoms with Crippen molar-refractivity contribution in [2.75, 3.05) is 30.0 Å². The fraction of sp³-hybridized carbons (Fsp3) is 0.455. The zero-order valence-electron chi connectivity index (χ0n) is 10.7. The van der Waals surface area contributed by atoms with E-state index in [1.165, 1.54) is 0 Å². The van der Waals surface area contributed by atoms with Gasteiger partial charge in [0, 0.05) is 18.5 Å². The molecule has 19 heavy (non-hydrogen) atoms. The molecule has 0 unspecified atom stereocenters. The molecule has 0 aromatic heterocycles. The van der Waals surface area contributed by atoms with Gasteiger partial charge in [0.25, 0.3) is 0 Å². The van der Waals surface area contributed by atoms with Gasteiger partial charge >= 0.3 is 0 Å². The lowest BCUT2D eigenvalue weighted by Gasteiger charge is -2.06. The van der Waals surface area contributed by atoms with Crippen LogP contribution in [-0.4, -0.2) is 41.1 Å². The molecule has 8 heteroatoms. The molecule has 0 amide bonds. The van der Waals surface area contributed by atoms with E-state index in [9.17, 15) is 16.8 Å². The van der Waals surface area contributed by atoms with Crippen LogP contribution in [-0.2, 0) is 26.3 Å². The third-order valence-corrected chi connectivity index (χ3v) is 5.03. The van der Waals surface area contributed by atoms with Crippen LogP contribution in [0.3, 0.4) is 0 Å². The first-order chi connectivity index (χ1) is 8.68. The second kappa shape index (κ2) is 6.36. The molecule has 0 atom stereocenters. The fourth-order valence-corrected chi connectivity index (χ4v) is 4.01. The first kappa shape index (κ1) is 15.9. The van der Waals surface area contributed by atoms with Gasteiger partial charge in [0.15, 0.2) is 0 Å². The van der Waals surface area contributed by atoms with E-state index >= 15 is 0 Å². The van der Waals surface area contributed by atoms with Crippen LogP contribution in [0, 0.1) is 0 Å². The predicted octanol–water partition coefficient (Wildman–Crippen LogP) is -0.225. The smallest absolute Gasteiger partial charge is 0.212 e. The standard InChI is InChI=1S/C11H18N2O4S2/c1-18(14,15)8-9-19(16,17)13-7-6-10-2-4-11(12)5-3-10/h2-5,13H,6-9,12H2,1H3. The number of benzene rings is 1. The minimum Gasteiger partial charge on any atom is -0.399 e. The Bertz CT molecular complexity index is 607. The van der Waals surface area contributed by atoms with Crippen molar-refractivity contribution < 1.29 is 16.8 Å². The molecule has 0 spiro atoms. The number of sulfonamides is 1. The van der Waals surface area contributed by atoms with Crippen LogP contribution in [0.2, 0.25) is 0 Å². The molecule has 3 N–H and O–H groups in total. The third-order valence-electron chi connectivity index (χ3n) is 2.44. The number of nitrogens with two attached hydrogens (primary N) is 1. The van der Waals surface area contributed by atoms with E-state index in [2.05, 4.69) is 4.72 Å². The van der Waals surface area contributed by atoms with Gasteiger partial charge in [0.1, 0.15) is 9.84 Å². The average molecular weight is 306 g/mol. The minimum absolute atomic E-state index is 0.232. The zero-order valence-corrected chi connectivity index (χ0v) is 12.3. The summed E-state index contributed by atoms with van der Waals surface area (Å²) in [7, 11) is -6.82. The van der Waals surface area contributed by atoms with Crippen LogP contribution in [0.5, 0.6) is 0 Å². The normalized spacial score (nSPS) is 12.5. The predicted molar refractivity (Wildman–Crippen MR) is 76.1 cm³/mol. The van der Waals surface area contributed by atoms with Crippen molar-refractivity contribution in [1.82, 2.24) is 4.72 Å². The van der Waals surface area contributed by atoms with Gasteiger partial charge in [-0.25, -0.2) is 21.6 Å². The largest absolute Gasteiger partial charge is 0.399 e. The number of anilines is 1. The lowest BCUT2D eigenvalue weighted by Crippen LogP contribution is -2.31. The van der Waals surface area contributed by atoms with E-state index in [0.717, 1.165) is 11.8 Å². The zero-order chi connectivity index (χ0) is 14.5. The molecule has 0 aliphatic carbocycles. The van der Waals surface area contributed by atoms with Crippen molar-refractivity contribution in [2.24, 2.45) is 0 Å². The van der Waals surface area contributed by atoms with E-state index in [-0.39, 0.29) is 12.3 Å². The maximum Gasteiger partial charge on any atom is 0.212 e. The first-order valence-corrected chi connectivity index (χ1v) is 9.39. The highest BCUT2D eigenvalue weighted by atomic mass is 32.2. The summed E-state index contributed by atoms with van der Waals surface area (Å²) >= 11 is 0. The Balaban J connectivity index is 2.41.